The Morgan fingerprint density at radius 3 is 2.47 bits per heavy atom. The predicted molar refractivity (Wildman–Crippen MR) is 111 cm³/mol. The Labute approximate surface area is 189 Å². The minimum absolute atomic E-state index is 0.000312. The Bertz CT molecular complexity index is 1110. The zero-order valence-electron chi connectivity index (χ0n) is 17.8. The molecule has 32 heavy (non-hydrogen) atoms. The number of carbonyl (C=O) groups is 3. The molecule has 1 aliphatic rings. The standard InChI is InChI=1S/C17H24N2O10S3/c1-5-19(17(22)29-11(4)28-14(21)8-27-10(3)20)13-6-9(2)31(23,24)16-12(13)7-15(30-16)32(18,25)26/h7,9,11,13H,5-6,8H2,1-4H3,(H2,18,25,26)/t9-,11?,13-/m0/s1. The number of fused-ring (bicyclic) bond motifs is 1. The second-order valence-electron chi connectivity index (χ2n) is 6.97. The van der Waals surface area contributed by atoms with Crippen LogP contribution in [0.5, 0.6) is 0 Å². The maximum absolute atomic E-state index is 12.8. The highest BCUT2D eigenvalue weighted by molar-refractivity contribution is 7.95. The molecule has 1 aliphatic heterocycles. The molecule has 15 heteroatoms. The van der Waals surface area contributed by atoms with Gasteiger partial charge in [-0.2, -0.15) is 0 Å². The van der Waals surface area contributed by atoms with Crippen molar-refractivity contribution in [1.82, 2.24) is 4.90 Å². The van der Waals surface area contributed by atoms with Gasteiger partial charge < -0.3 is 19.1 Å². The molecule has 0 aliphatic carbocycles. The van der Waals surface area contributed by atoms with Gasteiger partial charge in [-0.25, -0.2) is 31.6 Å². The molecule has 2 heterocycles. The van der Waals surface area contributed by atoms with Crippen molar-refractivity contribution in [1.29, 1.82) is 0 Å². The van der Waals surface area contributed by atoms with E-state index in [1.807, 2.05) is 0 Å². The lowest BCUT2D eigenvalue weighted by molar-refractivity contribution is -0.174. The third-order valence-corrected chi connectivity index (χ3v) is 9.91. The van der Waals surface area contributed by atoms with Crippen LogP contribution in [0.4, 0.5) is 4.79 Å². The number of rotatable bonds is 7. The third kappa shape index (κ3) is 5.76. The van der Waals surface area contributed by atoms with E-state index in [0.717, 1.165) is 13.0 Å². The van der Waals surface area contributed by atoms with E-state index < -0.39 is 62.1 Å². The van der Waals surface area contributed by atoms with Crippen molar-refractivity contribution in [2.75, 3.05) is 13.2 Å². The van der Waals surface area contributed by atoms with E-state index in [4.69, 9.17) is 14.6 Å². The highest BCUT2D eigenvalue weighted by Crippen LogP contribution is 2.45. The van der Waals surface area contributed by atoms with Crippen LogP contribution in [-0.2, 0) is 43.7 Å². The van der Waals surface area contributed by atoms with Crippen LogP contribution in [-0.4, -0.2) is 64.5 Å². The first-order chi connectivity index (χ1) is 14.7. The molecular weight excluding hydrogens is 488 g/mol. The smallest absolute Gasteiger partial charge is 0.413 e. The molecule has 1 amide bonds. The molecule has 2 N–H and O–H groups in total. The van der Waals surface area contributed by atoms with Crippen LogP contribution in [0.25, 0.3) is 0 Å². The minimum atomic E-state index is -4.16. The van der Waals surface area contributed by atoms with Gasteiger partial charge >= 0.3 is 18.0 Å². The van der Waals surface area contributed by atoms with Gasteiger partial charge in [-0.15, -0.1) is 11.3 Å². The van der Waals surface area contributed by atoms with Crippen molar-refractivity contribution in [3.8, 4) is 0 Å². The van der Waals surface area contributed by atoms with Crippen LogP contribution < -0.4 is 5.14 Å². The highest BCUT2D eigenvalue weighted by atomic mass is 32.3. The van der Waals surface area contributed by atoms with Crippen molar-refractivity contribution >= 4 is 49.2 Å². The van der Waals surface area contributed by atoms with Crippen molar-refractivity contribution < 1.29 is 45.4 Å². The van der Waals surface area contributed by atoms with Crippen LogP contribution in [0, 0.1) is 0 Å². The quantitative estimate of drug-likeness (QED) is 0.408. The normalized spacial score (nSPS) is 20.5. The molecule has 0 fully saturated rings. The molecule has 0 spiro atoms. The Morgan fingerprint density at radius 2 is 1.94 bits per heavy atom. The molecule has 1 aromatic heterocycles. The maximum Gasteiger partial charge on any atom is 0.413 e. The van der Waals surface area contributed by atoms with E-state index in [9.17, 15) is 31.2 Å². The number of esters is 2. The summed E-state index contributed by atoms with van der Waals surface area (Å²) in [6.45, 7) is 4.91. The van der Waals surface area contributed by atoms with Crippen LogP contribution in [0.1, 0.15) is 45.7 Å². The van der Waals surface area contributed by atoms with Gasteiger partial charge in [0, 0.05) is 26.0 Å². The molecule has 180 valence electrons. The van der Waals surface area contributed by atoms with Crippen LogP contribution >= 0.6 is 11.3 Å². The largest absolute Gasteiger partial charge is 0.454 e. The second-order valence-corrected chi connectivity index (χ2v) is 12.4. The van der Waals surface area contributed by atoms with E-state index in [1.54, 1.807) is 6.92 Å². The van der Waals surface area contributed by atoms with Crippen LogP contribution in [0.2, 0.25) is 0 Å². The Morgan fingerprint density at radius 1 is 1.31 bits per heavy atom. The summed E-state index contributed by atoms with van der Waals surface area (Å²) >= 11 is 0.536. The van der Waals surface area contributed by atoms with Gasteiger partial charge in [0.1, 0.15) is 8.42 Å². The van der Waals surface area contributed by atoms with Gasteiger partial charge in [-0.1, -0.05) is 0 Å². The molecule has 0 aromatic carbocycles. The Kier molecular flexibility index (Phi) is 7.91. The second kappa shape index (κ2) is 9.72. The first-order valence-corrected chi connectivity index (χ1v) is 13.3. The third-order valence-electron chi connectivity index (χ3n) is 4.59. The monoisotopic (exact) mass is 512 g/mol. The average Bonchev–Trinajstić information content (AvgIpc) is 3.12. The molecule has 1 aromatic rings. The van der Waals surface area contributed by atoms with Crippen LogP contribution in [0.15, 0.2) is 14.5 Å². The van der Waals surface area contributed by atoms with Crippen molar-refractivity contribution in [2.45, 2.75) is 60.1 Å². The molecule has 0 bridgehead atoms. The van der Waals surface area contributed by atoms with Gasteiger partial charge in [0.2, 0.25) is 16.3 Å². The van der Waals surface area contributed by atoms with Crippen LogP contribution in [0.3, 0.4) is 0 Å². The average molecular weight is 513 g/mol. The number of sulfone groups is 1. The van der Waals surface area contributed by atoms with Gasteiger partial charge in [0.25, 0.3) is 0 Å². The number of nitrogens with two attached hydrogens (primary N) is 1. The summed E-state index contributed by atoms with van der Waals surface area (Å²) < 4.78 is 63.0. The number of thiophene rings is 1. The van der Waals surface area contributed by atoms with Gasteiger partial charge in [-0.05, 0) is 26.3 Å². The summed E-state index contributed by atoms with van der Waals surface area (Å²) in [5.74, 6) is -1.62. The van der Waals surface area contributed by atoms with Gasteiger partial charge in [-0.3, -0.25) is 4.79 Å². The van der Waals surface area contributed by atoms with E-state index >= 15 is 0 Å². The zero-order valence-corrected chi connectivity index (χ0v) is 20.2. The number of primary sulfonamides is 1. The topological polar surface area (TPSA) is 176 Å². The first kappa shape index (κ1) is 26.0. The first-order valence-electron chi connectivity index (χ1n) is 9.39. The zero-order chi connectivity index (χ0) is 24.4. The van der Waals surface area contributed by atoms with Gasteiger partial charge in [0.15, 0.2) is 16.4 Å². The molecule has 2 rings (SSSR count). The summed E-state index contributed by atoms with van der Waals surface area (Å²) in [5, 5.41) is 4.27. The number of hydrogen-bond donors (Lipinski definition) is 1. The van der Waals surface area contributed by atoms with Gasteiger partial charge in [0.05, 0.1) is 11.3 Å². The van der Waals surface area contributed by atoms with E-state index in [2.05, 4.69) is 4.74 Å². The van der Waals surface area contributed by atoms with E-state index in [-0.39, 0.29) is 26.9 Å². The molecule has 12 nitrogen and oxygen atoms in total. The molecular formula is C17H24N2O10S3. The SMILES string of the molecule is CCN(C(=O)OC(C)OC(=O)COC(C)=O)[C@H]1C[C@H](C)S(=O)(=O)c2sc(S(N)(=O)=O)cc21. The molecule has 0 saturated carbocycles. The molecule has 0 saturated heterocycles. The maximum atomic E-state index is 12.8. The number of ether oxygens (including phenoxy) is 3. The van der Waals surface area contributed by atoms with Crippen molar-refractivity contribution in [3.63, 3.8) is 0 Å². The molecule has 0 radical (unpaired) electrons. The summed E-state index contributed by atoms with van der Waals surface area (Å²) in [6.07, 6.45) is -2.24. The Balaban J connectivity index is 2.27. The lowest BCUT2D eigenvalue weighted by Gasteiger charge is -2.35. The Hall–Kier alpha value is -2.23. The number of amides is 1. The number of sulfonamides is 1. The summed E-state index contributed by atoms with van der Waals surface area (Å²) in [6, 6.07) is 0.346. The number of carbonyl (C=O) groups excluding carboxylic acids is 3. The highest BCUT2D eigenvalue weighted by Gasteiger charge is 2.43. The number of nitrogens with zero attached hydrogens (tertiary/aromatic N) is 1. The fourth-order valence-electron chi connectivity index (χ4n) is 3.10. The minimum Gasteiger partial charge on any atom is -0.454 e. The molecule has 3 atom stereocenters. The fourth-order valence-corrected chi connectivity index (χ4v) is 7.49. The van der Waals surface area contributed by atoms with Crippen molar-refractivity contribution in [3.05, 3.63) is 11.6 Å². The summed E-state index contributed by atoms with van der Waals surface area (Å²) in [4.78, 5) is 36.3. The van der Waals surface area contributed by atoms with E-state index in [1.165, 1.54) is 18.7 Å². The van der Waals surface area contributed by atoms with E-state index in [0.29, 0.717) is 11.3 Å². The van der Waals surface area contributed by atoms with Crippen molar-refractivity contribution in [2.24, 2.45) is 5.14 Å². The molecule has 1 unspecified atom stereocenters. The number of hydrogen-bond acceptors (Lipinski definition) is 11. The predicted octanol–water partition coefficient (Wildman–Crippen LogP) is 0.913. The lowest BCUT2D eigenvalue weighted by atomic mass is 10.0. The fraction of sp³-hybridized carbons (Fsp3) is 0.588. The lowest BCUT2D eigenvalue weighted by Crippen LogP contribution is -2.42. The summed E-state index contributed by atoms with van der Waals surface area (Å²) in [7, 11) is -7.96. The summed E-state index contributed by atoms with van der Waals surface area (Å²) in [5.41, 5.74) is 0.135.